The number of hydrogen-bond acceptors (Lipinski definition) is 4. The largest absolute Gasteiger partial charge is 0.497 e. The second-order valence-electron chi connectivity index (χ2n) is 5.71. The Bertz CT molecular complexity index is 726. The van der Waals surface area contributed by atoms with Gasteiger partial charge in [0.2, 0.25) is 0 Å². The van der Waals surface area contributed by atoms with Gasteiger partial charge in [-0.25, -0.2) is 4.79 Å². The van der Waals surface area contributed by atoms with E-state index in [4.69, 9.17) is 9.47 Å². The predicted molar refractivity (Wildman–Crippen MR) is 95.6 cm³/mol. The van der Waals surface area contributed by atoms with Crippen molar-refractivity contribution in [2.75, 3.05) is 26.5 Å². The lowest BCUT2D eigenvalue weighted by atomic mass is 10.1. The number of anilines is 1. The number of amides is 2. The molecule has 0 atom stereocenters. The zero-order chi connectivity index (χ0) is 18.2. The Balaban J connectivity index is 1.88. The molecule has 6 heteroatoms. The van der Waals surface area contributed by atoms with Gasteiger partial charge in [-0.2, -0.15) is 0 Å². The summed E-state index contributed by atoms with van der Waals surface area (Å²) in [6.45, 7) is 0.208. The molecule has 0 unspecified atom stereocenters. The number of nitrogens with zero attached hydrogens (tertiary/aromatic N) is 1. The van der Waals surface area contributed by atoms with E-state index in [1.54, 1.807) is 39.4 Å². The monoisotopic (exact) mass is 342 g/mol. The quantitative estimate of drug-likeness (QED) is 0.819. The highest BCUT2D eigenvalue weighted by Gasteiger charge is 2.08. The number of hydrogen-bond donors (Lipinski definition) is 1. The average molecular weight is 342 g/mol. The van der Waals surface area contributed by atoms with Crippen molar-refractivity contribution in [2.45, 2.75) is 13.0 Å². The van der Waals surface area contributed by atoms with Crippen molar-refractivity contribution in [3.63, 3.8) is 0 Å². The molecule has 2 aromatic carbocycles. The van der Waals surface area contributed by atoms with E-state index in [9.17, 15) is 9.59 Å². The van der Waals surface area contributed by atoms with Crippen molar-refractivity contribution < 1.29 is 19.1 Å². The van der Waals surface area contributed by atoms with Gasteiger partial charge in [0.15, 0.2) is 0 Å². The van der Waals surface area contributed by atoms with Crippen LogP contribution >= 0.6 is 0 Å². The molecule has 0 aromatic heterocycles. The zero-order valence-electron chi connectivity index (χ0n) is 14.6. The van der Waals surface area contributed by atoms with Gasteiger partial charge in [-0.3, -0.25) is 4.79 Å². The molecule has 0 bridgehead atoms. The maximum absolute atomic E-state index is 12.0. The first kappa shape index (κ1) is 18.3. The van der Waals surface area contributed by atoms with E-state index >= 15 is 0 Å². The third kappa shape index (κ3) is 5.84. The molecule has 0 heterocycles. The molecule has 0 saturated carbocycles. The highest BCUT2D eigenvalue weighted by molar-refractivity contribution is 5.89. The van der Waals surface area contributed by atoms with Crippen molar-refractivity contribution >= 4 is 17.7 Å². The summed E-state index contributed by atoms with van der Waals surface area (Å²) in [5.74, 6) is 0.429. The minimum Gasteiger partial charge on any atom is -0.497 e. The summed E-state index contributed by atoms with van der Waals surface area (Å²) < 4.78 is 10.4. The van der Waals surface area contributed by atoms with Gasteiger partial charge < -0.3 is 19.7 Å². The summed E-state index contributed by atoms with van der Waals surface area (Å²) in [4.78, 5) is 25.1. The van der Waals surface area contributed by atoms with Crippen LogP contribution in [-0.2, 0) is 22.6 Å². The van der Waals surface area contributed by atoms with E-state index < -0.39 is 0 Å². The molecule has 6 nitrogen and oxygen atoms in total. The van der Waals surface area contributed by atoms with Crippen molar-refractivity contribution in [3.8, 4) is 5.75 Å². The van der Waals surface area contributed by atoms with Gasteiger partial charge in [0.1, 0.15) is 12.4 Å². The molecule has 0 spiro atoms. The Labute approximate surface area is 147 Å². The van der Waals surface area contributed by atoms with Crippen molar-refractivity contribution in [2.24, 2.45) is 0 Å². The number of carbonyl (C=O) groups is 2. The predicted octanol–water partition coefficient (Wildman–Crippen LogP) is 3.07. The fraction of sp³-hybridized carbons (Fsp3) is 0.263. The molecule has 2 amide bonds. The first-order valence-electron chi connectivity index (χ1n) is 7.83. The molecule has 25 heavy (non-hydrogen) atoms. The summed E-state index contributed by atoms with van der Waals surface area (Å²) in [5, 5.41) is 2.75. The summed E-state index contributed by atoms with van der Waals surface area (Å²) in [7, 11) is 4.93. The first-order valence-corrected chi connectivity index (χ1v) is 7.83. The Morgan fingerprint density at radius 2 is 1.76 bits per heavy atom. The van der Waals surface area contributed by atoms with E-state index in [0.717, 1.165) is 16.9 Å². The maximum atomic E-state index is 12.0. The van der Waals surface area contributed by atoms with Gasteiger partial charge in [-0.1, -0.05) is 24.3 Å². The van der Waals surface area contributed by atoms with E-state index in [1.165, 1.54) is 4.90 Å². The van der Waals surface area contributed by atoms with Gasteiger partial charge in [-0.05, 0) is 35.4 Å². The Kier molecular flexibility index (Phi) is 6.39. The number of esters is 1. The molecule has 0 saturated heterocycles. The molecule has 0 aliphatic heterocycles. The minimum atomic E-state index is -0.327. The van der Waals surface area contributed by atoms with Gasteiger partial charge in [0, 0.05) is 19.8 Å². The lowest BCUT2D eigenvalue weighted by molar-refractivity contribution is -0.144. The van der Waals surface area contributed by atoms with Crippen molar-refractivity contribution in [3.05, 3.63) is 59.7 Å². The Morgan fingerprint density at radius 1 is 1.04 bits per heavy atom. The molecule has 2 aromatic rings. The summed E-state index contributed by atoms with van der Waals surface area (Å²) >= 11 is 0. The molecule has 0 radical (unpaired) electrons. The van der Waals surface area contributed by atoms with Crippen LogP contribution < -0.4 is 10.1 Å². The van der Waals surface area contributed by atoms with Gasteiger partial charge >= 0.3 is 12.0 Å². The summed E-state index contributed by atoms with van der Waals surface area (Å²) in [6, 6.07) is 14.3. The number of nitrogens with one attached hydrogen (secondary N) is 1. The third-order valence-electron chi connectivity index (χ3n) is 3.49. The third-order valence-corrected chi connectivity index (χ3v) is 3.49. The molecule has 0 aliphatic carbocycles. The van der Waals surface area contributed by atoms with Crippen LogP contribution in [0.3, 0.4) is 0 Å². The molecule has 2 rings (SSSR count). The molecule has 0 fully saturated rings. The van der Waals surface area contributed by atoms with Crippen LogP contribution in [-0.4, -0.2) is 38.1 Å². The molecular weight excluding hydrogens is 320 g/mol. The standard InChI is InChI=1S/C19H22N2O4/c1-21(2)19(23)20-16-6-4-5-15(11-16)12-18(22)25-13-14-7-9-17(24-3)10-8-14/h4-11H,12-13H2,1-3H3,(H,20,23). The fourth-order valence-electron chi connectivity index (χ4n) is 2.10. The smallest absolute Gasteiger partial charge is 0.321 e. The molecular formula is C19H22N2O4. The number of rotatable bonds is 6. The van der Waals surface area contributed by atoms with Crippen molar-refractivity contribution in [1.82, 2.24) is 4.90 Å². The Hall–Kier alpha value is -3.02. The topological polar surface area (TPSA) is 67.9 Å². The Morgan fingerprint density at radius 3 is 2.40 bits per heavy atom. The molecule has 0 aliphatic rings. The highest BCUT2D eigenvalue weighted by atomic mass is 16.5. The van der Waals surface area contributed by atoms with Crippen LogP contribution in [0.2, 0.25) is 0 Å². The number of ether oxygens (including phenoxy) is 2. The highest BCUT2D eigenvalue weighted by Crippen LogP contribution is 2.14. The van der Waals surface area contributed by atoms with Gasteiger partial charge in [-0.15, -0.1) is 0 Å². The van der Waals surface area contributed by atoms with Gasteiger partial charge in [0.05, 0.1) is 13.5 Å². The van der Waals surface area contributed by atoms with E-state index in [2.05, 4.69) is 5.32 Å². The van der Waals surface area contributed by atoms with Gasteiger partial charge in [0.25, 0.3) is 0 Å². The van der Waals surface area contributed by atoms with E-state index in [1.807, 2.05) is 30.3 Å². The number of benzene rings is 2. The minimum absolute atomic E-state index is 0.141. The summed E-state index contributed by atoms with van der Waals surface area (Å²) in [5.41, 5.74) is 2.30. The number of carbonyl (C=O) groups excluding carboxylic acids is 2. The van der Waals surface area contributed by atoms with Crippen LogP contribution in [0.5, 0.6) is 5.75 Å². The average Bonchev–Trinajstić information content (AvgIpc) is 2.60. The second-order valence-corrected chi connectivity index (χ2v) is 5.71. The number of methoxy groups -OCH3 is 1. The van der Waals surface area contributed by atoms with E-state index in [0.29, 0.717) is 5.69 Å². The molecule has 132 valence electrons. The van der Waals surface area contributed by atoms with Crippen LogP contribution in [0.15, 0.2) is 48.5 Å². The molecule has 1 N–H and O–H groups in total. The van der Waals surface area contributed by atoms with Crippen LogP contribution in [0.25, 0.3) is 0 Å². The lowest BCUT2D eigenvalue weighted by Gasteiger charge is -2.12. The number of urea groups is 1. The fourth-order valence-corrected chi connectivity index (χ4v) is 2.10. The summed E-state index contributed by atoms with van der Waals surface area (Å²) in [6.07, 6.45) is 0.141. The SMILES string of the molecule is COc1ccc(COC(=O)Cc2cccc(NC(=O)N(C)C)c2)cc1. The maximum Gasteiger partial charge on any atom is 0.321 e. The normalized spacial score (nSPS) is 10.0. The van der Waals surface area contributed by atoms with Crippen LogP contribution in [0.4, 0.5) is 10.5 Å². The second kappa shape index (κ2) is 8.73. The van der Waals surface area contributed by atoms with Crippen molar-refractivity contribution in [1.29, 1.82) is 0 Å². The van der Waals surface area contributed by atoms with E-state index in [-0.39, 0.29) is 25.0 Å². The van der Waals surface area contributed by atoms with Crippen LogP contribution in [0, 0.1) is 0 Å². The van der Waals surface area contributed by atoms with Crippen LogP contribution in [0.1, 0.15) is 11.1 Å². The zero-order valence-corrected chi connectivity index (χ0v) is 14.6. The lowest BCUT2D eigenvalue weighted by Crippen LogP contribution is -2.27. The first-order chi connectivity index (χ1) is 12.0.